The zero-order valence-electron chi connectivity index (χ0n) is 10.4. The summed E-state index contributed by atoms with van der Waals surface area (Å²) in [5, 5.41) is 3.29. The van der Waals surface area contributed by atoms with Gasteiger partial charge in [0.25, 0.3) is 0 Å². The van der Waals surface area contributed by atoms with Crippen molar-refractivity contribution in [2.75, 3.05) is 0 Å². The molecule has 15 heavy (non-hydrogen) atoms. The number of rotatable bonds is 3. The van der Waals surface area contributed by atoms with Crippen LogP contribution in [0.4, 0.5) is 0 Å². The summed E-state index contributed by atoms with van der Waals surface area (Å²) in [6.07, 6.45) is 1.88. The van der Waals surface area contributed by atoms with Crippen molar-refractivity contribution in [3.8, 4) is 0 Å². The predicted molar refractivity (Wildman–Crippen MR) is 67.3 cm³/mol. The summed E-state index contributed by atoms with van der Waals surface area (Å²) in [4.78, 5) is 4.69. The largest absolute Gasteiger partial charge is 0.320 e. The van der Waals surface area contributed by atoms with E-state index in [2.05, 4.69) is 45.0 Å². The van der Waals surface area contributed by atoms with Crippen molar-refractivity contribution < 1.29 is 0 Å². The Morgan fingerprint density at radius 3 is 2.13 bits per heavy atom. The second kappa shape index (κ2) is 4.22. The maximum absolute atomic E-state index is 6.32. The zero-order chi connectivity index (χ0) is 11.7. The topological polar surface area (TPSA) is 38.9 Å². The van der Waals surface area contributed by atoms with Gasteiger partial charge < -0.3 is 5.73 Å². The lowest BCUT2D eigenvalue weighted by Gasteiger charge is -2.24. The van der Waals surface area contributed by atoms with Crippen molar-refractivity contribution in [2.24, 2.45) is 5.73 Å². The van der Waals surface area contributed by atoms with Crippen LogP contribution in [0.5, 0.6) is 0 Å². The number of aromatic nitrogens is 1. The van der Waals surface area contributed by atoms with E-state index in [4.69, 9.17) is 5.73 Å². The van der Waals surface area contributed by atoms with Gasteiger partial charge in [-0.3, -0.25) is 0 Å². The number of hydrogen-bond acceptors (Lipinski definition) is 3. The average Bonchev–Trinajstić information content (AvgIpc) is 2.65. The molecule has 2 N–H and O–H groups in total. The Labute approximate surface area is 96.9 Å². The van der Waals surface area contributed by atoms with Gasteiger partial charge in [-0.2, -0.15) is 0 Å². The van der Waals surface area contributed by atoms with Crippen molar-refractivity contribution in [2.45, 2.75) is 58.4 Å². The second-order valence-electron chi connectivity index (χ2n) is 5.15. The Morgan fingerprint density at radius 1 is 1.27 bits per heavy atom. The number of thiazole rings is 1. The molecule has 1 heterocycles. The molecule has 1 aromatic rings. The molecule has 0 aromatic carbocycles. The quantitative estimate of drug-likeness (QED) is 0.857. The summed E-state index contributed by atoms with van der Waals surface area (Å²) in [5.41, 5.74) is 7.27. The fraction of sp³-hybridized carbons (Fsp3) is 0.750. The molecular formula is C12H22N2S. The van der Waals surface area contributed by atoms with Gasteiger partial charge in [-0.05, 0) is 12.8 Å². The van der Waals surface area contributed by atoms with Crippen LogP contribution in [0.2, 0.25) is 0 Å². The van der Waals surface area contributed by atoms with E-state index in [9.17, 15) is 0 Å². The molecule has 0 saturated heterocycles. The zero-order valence-corrected chi connectivity index (χ0v) is 11.2. The standard InChI is InChI=1S/C12H22N2S/c1-6-12(13,7-2)9-8-15-10(14-9)11(3,4)5/h8H,6-7,13H2,1-5H3. The van der Waals surface area contributed by atoms with Crippen molar-refractivity contribution in [3.05, 3.63) is 16.1 Å². The minimum atomic E-state index is -0.236. The normalized spacial score (nSPS) is 13.2. The Kier molecular flexibility index (Phi) is 3.56. The lowest BCUT2D eigenvalue weighted by atomic mass is 9.91. The van der Waals surface area contributed by atoms with Gasteiger partial charge in [0.1, 0.15) is 0 Å². The highest BCUT2D eigenvalue weighted by Gasteiger charge is 2.28. The lowest BCUT2D eigenvalue weighted by Crippen LogP contribution is -2.35. The molecule has 1 rings (SSSR count). The molecule has 0 saturated carbocycles. The molecule has 0 bridgehead atoms. The number of nitrogens with zero attached hydrogens (tertiary/aromatic N) is 1. The first kappa shape index (κ1) is 12.7. The summed E-state index contributed by atoms with van der Waals surface area (Å²) >= 11 is 1.72. The molecule has 86 valence electrons. The number of hydrogen-bond donors (Lipinski definition) is 1. The first-order valence-electron chi connectivity index (χ1n) is 5.59. The first-order chi connectivity index (χ1) is 6.83. The number of nitrogens with two attached hydrogens (primary N) is 1. The minimum absolute atomic E-state index is 0.130. The van der Waals surface area contributed by atoms with E-state index in [1.165, 1.54) is 5.01 Å². The van der Waals surface area contributed by atoms with Crippen LogP contribution < -0.4 is 5.73 Å². The third-order valence-corrected chi connectivity index (χ3v) is 4.19. The Balaban J connectivity index is 3.03. The maximum atomic E-state index is 6.32. The molecule has 3 heteroatoms. The van der Waals surface area contributed by atoms with E-state index < -0.39 is 0 Å². The molecule has 2 nitrogen and oxygen atoms in total. The fourth-order valence-corrected chi connectivity index (χ4v) is 2.47. The van der Waals surface area contributed by atoms with Gasteiger partial charge in [0.15, 0.2) is 0 Å². The molecule has 0 aliphatic rings. The van der Waals surface area contributed by atoms with Crippen molar-refractivity contribution >= 4 is 11.3 Å². The van der Waals surface area contributed by atoms with Gasteiger partial charge >= 0.3 is 0 Å². The summed E-state index contributed by atoms with van der Waals surface area (Å²) in [6, 6.07) is 0. The minimum Gasteiger partial charge on any atom is -0.320 e. The molecule has 0 fully saturated rings. The molecule has 0 spiro atoms. The van der Waals surface area contributed by atoms with Crippen molar-refractivity contribution in [3.63, 3.8) is 0 Å². The molecule has 0 atom stereocenters. The lowest BCUT2D eigenvalue weighted by molar-refractivity contribution is 0.400. The van der Waals surface area contributed by atoms with Gasteiger partial charge in [0.2, 0.25) is 0 Å². The van der Waals surface area contributed by atoms with Gasteiger partial charge in [-0.1, -0.05) is 34.6 Å². The maximum Gasteiger partial charge on any atom is 0.0982 e. The monoisotopic (exact) mass is 226 g/mol. The summed E-state index contributed by atoms with van der Waals surface area (Å²) < 4.78 is 0. The van der Waals surface area contributed by atoms with Crippen LogP contribution in [0.3, 0.4) is 0 Å². The van der Waals surface area contributed by atoms with E-state index in [0.29, 0.717) is 0 Å². The summed E-state index contributed by atoms with van der Waals surface area (Å²) in [5.74, 6) is 0. The van der Waals surface area contributed by atoms with Crippen LogP contribution in [-0.4, -0.2) is 4.98 Å². The highest BCUT2D eigenvalue weighted by molar-refractivity contribution is 7.09. The molecule has 0 radical (unpaired) electrons. The van der Waals surface area contributed by atoms with Crippen LogP contribution in [0, 0.1) is 0 Å². The van der Waals surface area contributed by atoms with E-state index >= 15 is 0 Å². The molecule has 0 amide bonds. The van der Waals surface area contributed by atoms with Crippen LogP contribution >= 0.6 is 11.3 Å². The Hall–Kier alpha value is -0.410. The van der Waals surface area contributed by atoms with Gasteiger partial charge in [-0.15, -0.1) is 11.3 Å². The smallest absolute Gasteiger partial charge is 0.0982 e. The van der Waals surface area contributed by atoms with Gasteiger partial charge in [0.05, 0.1) is 16.2 Å². The summed E-state index contributed by atoms with van der Waals surface area (Å²) in [6.45, 7) is 10.8. The van der Waals surface area contributed by atoms with Gasteiger partial charge in [0, 0.05) is 10.8 Å². The molecular weight excluding hydrogens is 204 g/mol. The average molecular weight is 226 g/mol. The van der Waals surface area contributed by atoms with E-state index in [0.717, 1.165) is 18.5 Å². The van der Waals surface area contributed by atoms with E-state index in [-0.39, 0.29) is 11.0 Å². The predicted octanol–water partition coefficient (Wildman–Crippen LogP) is 3.41. The SMILES string of the molecule is CCC(N)(CC)c1csc(C(C)(C)C)n1. The van der Waals surface area contributed by atoms with Crippen molar-refractivity contribution in [1.29, 1.82) is 0 Å². The van der Waals surface area contributed by atoms with Gasteiger partial charge in [-0.25, -0.2) is 4.98 Å². The Bertz CT molecular complexity index is 319. The Morgan fingerprint density at radius 2 is 1.80 bits per heavy atom. The molecule has 0 aliphatic carbocycles. The summed E-state index contributed by atoms with van der Waals surface area (Å²) in [7, 11) is 0. The van der Waals surface area contributed by atoms with Crippen LogP contribution in [-0.2, 0) is 11.0 Å². The highest BCUT2D eigenvalue weighted by Crippen LogP contribution is 2.31. The van der Waals surface area contributed by atoms with Crippen LogP contribution in [0.25, 0.3) is 0 Å². The fourth-order valence-electron chi connectivity index (χ4n) is 1.46. The van der Waals surface area contributed by atoms with Crippen molar-refractivity contribution in [1.82, 2.24) is 4.98 Å². The molecule has 0 aliphatic heterocycles. The third-order valence-electron chi connectivity index (χ3n) is 2.92. The highest BCUT2D eigenvalue weighted by atomic mass is 32.1. The molecule has 1 aromatic heterocycles. The van der Waals surface area contributed by atoms with E-state index in [1.807, 2.05) is 0 Å². The third kappa shape index (κ3) is 2.58. The van der Waals surface area contributed by atoms with Crippen LogP contribution in [0.1, 0.15) is 58.2 Å². The van der Waals surface area contributed by atoms with E-state index in [1.54, 1.807) is 11.3 Å². The first-order valence-corrected chi connectivity index (χ1v) is 6.47. The second-order valence-corrected chi connectivity index (χ2v) is 6.01. The molecule has 0 unspecified atom stereocenters. The van der Waals surface area contributed by atoms with Crippen LogP contribution in [0.15, 0.2) is 5.38 Å².